The van der Waals surface area contributed by atoms with Crippen molar-refractivity contribution in [3.63, 3.8) is 0 Å². The summed E-state index contributed by atoms with van der Waals surface area (Å²) < 4.78 is 11.6. The predicted molar refractivity (Wildman–Crippen MR) is 92.2 cm³/mol. The molecule has 0 N–H and O–H groups in total. The second-order valence-corrected chi connectivity index (χ2v) is 6.21. The summed E-state index contributed by atoms with van der Waals surface area (Å²) in [6.45, 7) is 0.102. The normalized spacial score (nSPS) is 11.0. The zero-order valence-electron chi connectivity index (χ0n) is 12.1. The molecule has 0 aliphatic heterocycles. The van der Waals surface area contributed by atoms with Gasteiger partial charge in [-0.05, 0) is 24.3 Å². The van der Waals surface area contributed by atoms with E-state index in [0.29, 0.717) is 21.1 Å². The van der Waals surface area contributed by atoms with E-state index < -0.39 is 11.7 Å². The lowest BCUT2D eigenvalue weighted by molar-refractivity contribution is -0.134. The topological polar surface area (TPSA) is 61.4 Å². The third kappa shape index (κ3) is 3.59. The van der Waals surface area contributed by atoms with Gasteiger partial charge in [-0.1, -0.05) is 34.8 Å². The summed E-state index contributed by atoms with van der Waals surface area (Å²) in [5.41, 5.74) is 0.914. The van der Waals surface area contributed by atoms with E-state index in [1.807, 2.05) is 0 Å². The van der Waals surface area contributed by atoms with E-state index in [0.717, 1.165) is 0 Å². The second-order valence-electron chi connectivity index (χ2n) is 4.93. The number of rotatable bonds is 4. The molecule has 0 saturated carbocycles. The van der Waals surface area contributed by atoms with Crippen molar-refractivity contribution in [1.82, 2.24) is 4.57 Å². The van der Waals surface area contributed by atoms with Crippen molar-refractivity contribution in [2.45, 2.75) is 13.0 Å². The molecule has 0 bridgehead atoms. The highest BCUT2D eigenvalue weighted by Gasteiger charge is 2.13. The largest absolute Gasteiger partial charge is 0.425 e. The first-order chi connectivity index (χ1) is 11.4. The van der Waals surface area contributed by atoms with Crippen molar-refractivity contribution < 1.29 is 13.9 Å². The number of carbonyl (C=O) groups is 1. The number of carbonyl (C=O) groups excluding carboxylic acids is 1. The third-order valence-corrected chi connectivity index (χ3v) is 4.07. The van der Waals surface area contributed by atoms with E-state index >= 15 is 0 Å². The zero-order chi connectivity index (χ0) is 17.3. The van der Waals surface area contributed by atoms with E-state index in [1.54, 1.807) is 24.3 Å². The van der Waals surface area contributed by atoms with Crippen LogP contribution in [0.15, 0.2) is 45.6 Å². The Balaban J connectivity index is 1.74. The zero-order valence-corrected chi connectivity index (χ0v) is 14.4. The Labute approximate surface area is 151 Å². The first-order valence-electron chi connectivity index (χ1n) is 6.88. The van der Waals surface area contributed by atoms with Crippen LogP contribution in [0.2, 0.25) is 15.1 Å². The lowest BCUT2D eigenvalue weighted by Gasteiger charge is -2.07. The van der Waals surface area contributed by atoms with Crippen LogP contribution in [-0.2, 0) is 11.3 Å². The van der Waals surface area contributed by atoms with E-state index in [-0.39, 0.29) is 23.7 Å². The van der Waals surface area contributed by atoms with Gasteiger partial charge in [-0.3, -0.25) is 9.36 Å². The van der Waals surface area contributed by atoms with Crippen LogP contribution in [0.25, 0.3) is 11.1 Å². The Morgan fingerprint density at radius 3 is 2.58 bits per heavy atom. The standard InChI is InChI=1S/C16H10Cl3NO4/c17-9-1-3-11(19)13(7-9)23-15(21)5-6-20-12-4-2-10(18)8-14(12)24-16(20)22/h1-4,7-8H,5-6H2. The average molecular weight is 387 g/mol. The average Bonchev–Trinajstić information content (AvgIpc) is 2.83. The number of hydrogen-bond donors (Lipinski definition) is 0. The van der Waals surface area contributed by atoms with Gasteiger partial charge in [0.15, 0.2) is 11.3 Å². The molecule has 1 aromatic heterocycles. The van der Waals surface area contributed by atoms with Gasteiger partial charge < -0.3 is 9.15 Å². The van der Waals surface area contributed by atoms with Gasteiger partial charge in [0.2, 0.25) is 0 Å². The third-order valence-electron chi connectivity index (χ3n) is 3.29. The molecule has 5 nitrogen and oxygen atoms in total. The Kier molecular flexibility index (Phi) is 4.85. The van der Waals surface area contributed by atoms with Crippen molar-refractivity contribution in [3.8, 4) is 5.75 Å². The van der Waals surface area contributed by atoms with Gasteiger partial charge in [-0.2, -0.15) is 0 Å². The quantitative estimate of drug-likeness (QED) is 0.487. The van der Waals surface area contributed by atoms with Gasteiger partial charge >= 0.3 is 11.7 Å². The van der Waals surface area contributed by atoms with Crippen molar-refractivity contribution in [3.05, 3.63) is 62.0 Å². The number of hydrogen-bond acceptors (Lipinski definition) is 4. The molecule has 0 atom stereocenters. The number of oxazole rings is 1. The lowest BCUT2D eigenvalue weighted by atomic mass is 10.3. The number of ether oxygens (including phenoxy) is 1. The Morgan fingerprint density at radius 1 is 1.08 bits per heavy atom. The fourth-order valence-corrected chi connectivity index (χ4v) is 2.66. The van der Waals surface area contributed by atoms with Crippen LogP contribution in [0, 0.1) is 0 Å². The Morgan fingerprint density at radius 2 is 1.79 bits per heavy atom. The summed E-state index contributed by atoms with van der Waals surface area (Å²) in [7, 11) is 0. The summed E-state index contributed by atoms with van der Waals surface area (Å²) in [6.07, 6.45) is -0.0417. The van der Waals surface area contributed by atoms with Crippen molar-refractivity contribution in [2.75, 3.05) is 0 Å². The van der Waals surface area contributed by atoms with Gasteiger partial charge in [0.1, 0.15) is 0 Å². The molecule has 0 aliphatic rings. The molecule has 0 aliphatic carbocycles. The van der Waals surface area contributed by atoms with Crippen molar-refractivity contribution in [2.24, 2.45) is 0 Å². The molecule has 3 aromatic rings. The lowest BCUT2D eigenvalue weighted by Crippen LogP contribution is -2.18. The molecule has 24 heavy (non-hydrogen) atoms. The first kappa shape index (κ1) is 16.9. The fraction of sp³-hybridized carbons (Fsp3) is 0.125. The number of fused-ring (bicyclic) bond motifs is 1. The smallest absolute Gasteiger partial charge is 0.419 e. The highest BCUT2D eigenvalue weighted by molar-refractivity contribution is 6.34. The van der Waals surface area contributed by atoms with Crippen LogP contribution in [0.4, 0.5) is 0 Å². The van der Waals surface area contributed by atoms with Gasteiger partial charge in [-0.15, -0.1) is 0 Å². The van der Waals surface area contributed by atoms with E-state index in [2.05, 4.69) is 0 Å². The van der Waals surface area contributed by atoms with Crippen LogP contribution >= 0.6 is 34.8 Å². The number of nitrogens with zero attached hydrogens (tertiary/aromatic N) is 1. The van der Waals surface area contributed by atoms with Crippen LogP contribution in [0.1, 0.15) is 6.42 Å². The van der Waals surface area contributed by atoms with Gasteiger partial charge in [0, 0.05) is 28.7 Å². The molecule has 8 heteroatoms. The van der Waals surface area contributed by atoms with Gasteiger partial charge in [0.05, 0.1) is 17.0 Å². The SMILES string of the molecule is O=C(CCn1c(=O)oc2cc(Cl)ccc21)Oc1cc(Cl)ccc1Cl. The molecular weight excluding hydrogens is 377 g/mol. The van der Waals surface area contributed by atoms with E-state index in [9.17, 15) is 9.59 Å². The highest BCUT2D eigenvalue weighted by atomic mass is 35.5. The summed E-state index contributed by atoms with van der Waals surface area (Å²) in [6, 6.07) is 9.40. The van der Waals surface area contributed by atoms with Crippen LogP contribution in [-0.4, -0.2) is 10.5 Å². The van der Waals surface area contributed by atoms with E-state index in [4.69, 9.17) is 44.0 Å². The monoisotopic (exact) mass is 385 g/mol. The van der Waals surface area contributed by atoms with Crippen molar-refractivity contribution >= 4 is 51.9 Å². The maximum Gasteiger partial charge on any atom is 0.419 e. The molecule has 124 valence electrons. The molecule has 2 aromatic carbocycles. The maximum atomic E-state index is 12.0. The molecule has 1 heterocycles. The molecule has 0 fully saturated rings. The van der Waals surface area contributed by atoms with Crippen LogP contribution in [0.5, 0.6) is 5.75 Å². The number of aryl methyl sites for hydroxylation is 1. The summed E-state index contributed by atoms with van der Waals surface area (Å²) in [5.74, 6) is -0.944. The molecule has 3 rings (SSSR count). The first-order valence-corrected chi connectivity index (χ1v) is 8.02. The summed E-state index contributed by atoms with van der Waals surface area (Å²) in [4.78, 5) is 23.9. The highest BCUT2D eigenvalue weighted by Crippen LogP contribution is 2.28. The number of esters is 1. The molecular formula is C16H10Cl3NO4. The summed E-state index contributed by atoms with van der Waals surface area (Å²) >= 11 is 17.6. The van der Waals surface area contributed by atoms with E-state index in [1.165, 1.54) is 16.7 Å². The van der Waals surface area contributed by atoms with Crippen molar-refractivity contribution in [1.29, 1.82) is 0 Å². The molecule has 0 unspecified atom stereocenters. The Hall–Kier alpha value is -1.95. The fourth-order valence-electron chi connectivity index (χ4n) is 2.18. The molecule has 0 amide bonds. The Bertz CT molecular complexity index is 977. The second kappa shape index (κ2) is 6.89. The minimum Gasteiger partial charge on any atom is -0.425 e. The van der Waals surface area contributed by atoms with Crippen LogP contribution in [0.3, 0.4) is 0 Å². The predicted octanol–water partition coefficient (Wildman–Crippen LogP) is 4.55. The summed E-state index contributed by atoms with van der Waals surface area (Å²) in [5, 5.41) is 1.13. The number of aromatic nitrogens is 1. The molecule has 0 spiro atoms. The minimum absolute atomic E-state index is 0.0417. The number of benzene rings is 2. The molecule has 0 saturated heterocycles. The maximum absolute atomic E-state index is 12.0. The molecule has 0 radical (unpaired) electrons. The van der Waals surface area contributed by atoms with Gasteiger partial charge in [-0.25, -0.2) is 4.79 Å². The van der Waals surface area contributed by atoms with Crippen LogP contribution < -0.4 is 10.5 Å². The number of halogens is 3. The minimum atomic E-state index is -0.569. The van der Waals surface area contributed by atoms with Gasteiger partial charge in [0.25, 0.3) is 0 Å².